The molecule has 0 fully saturated rings. The number of rotatable bonds is 2. The first-order chi connectivity index (χ1) is 2.81. The van der Waals surface area contributed by atoms with Gasteiger partial charge in [0.05, 0.1) is 14.2 Å². The third-order valence-corrected chi connectivity index (χ3v) is 1.00. The average molecular weight is 129 g/mol. The maximum Gasteiger partial charge on any atom is 1.00 e. The third kappa shape index (κ3) is 6.62. The monoisotopic (exact) mass is 129 g/mol. The van der Waals surface area contributed by atoms with Gasteiger partial charge in [-0.25, -0.2) is 0 Å². The van der Waals surface area contributed by atoms with Crippen molar-refractivity contribution in [3.63, 3.8) is 0 Å². The van der Waals surface area contributed by atoms with Gasteiger partial charge in [-0.05, 0) is 0 Å². The topological polar surface area (TPSA) is 35.5 Å². The summed E-state index contributed by atoms with van der Waals surface area (Å²) in [5.41, 5.74) is 0. The maximum absolute atomic E-state index is 9.92. The van der Waals surface area contributed by atoms with Crippen molar-refractivity contribution in [3.8, 4) is 0 Å². The Morgan fingerprint density at radius 2 is 1.57 bits per heavy atom. The minimum Gasteiger partial charge on any atom is -0.499 e. The molecular weight excluding hydrogens is 123 g/mol. The quantitative estimate of drug-likeness (QED) is 0.366. The van der Waals surface area contributed by atoms with Crippen LogP contribution >= 0.6 is 0 Å². The SMILES string of the molecule is CO[Si](=O)OC.[Na+]. The zero-order valence-corrected chi connectivity index (χ0v) is 7.72. The minimum atomic E-state index is -2.12. The predicted molar refractivity (Wildman–Crippen MR) is 20.5 cm³/mol. The summed E-state index contributed by atoms with van der Waals surface area (Å²) in [7, 11) is 0.558. The van der Waals surface area contributed by atoms with Crippen LogP contribution in [0.25, 0.3) is 0 Å². The van der Waals surface area contributed by atoms with Gasteiger partial charge < -0.3 is 8.85 Å². The Kier molecular flexibility index (Phi) is 9.99. The third-order valence-electron chi connectivity index (χ3n) is 0.333. The van der Waals surface area contributed by atoms with Crippen molar-refractivity contribution in [1.29, 1.82) is 0 Å². The van der Waals surface area contributed by atoms with E-state index >= 15 is 0 Å². The summed E-state index contributed by atoms with van der Waals surface area (Å²) in [5.74, 6) is 0. The summed E-state index contributed by atoms with van der Waals surface area (Å²) in [4.78, 5) is 0. The van der Waals surface area contributed by atoms with Gasteiger partial charge in [-0.3, -0.25) is 4.46 Å². The van der Waals surface area contributed by atoms with Crippen molar-refractivity contribution in [2.24, 2.45) is 0 Å². The van der Waals surface area contributed by atoms with Gasteiger partial charge in [-0.15, -0.1) is 0 Å². The standard InChI is InChI=1S/C2H6O3Si.Na/c1-4-6(3)5-2;/h1-2H3;/q;+1. The molecule has 0 amide bonds. The molecule has 0 unspecified atom stereocenters. The Hall–Kier alpha value is 0.617. The van der Waals surface area contributed by atoms with E-state index in [1.54, 1.807) is 0 Å². The largest absolute Gasteiger partial charge is 1.00 e. The molecule has 0 spiro atoms. The van der Waals surface area contributed by atoms with E-state index in [4.69, 9.17) is 0 Å². The van der Waals surface area contributed by atoms with Crippen LogP contribution in [0.3, 0.4) is 0 Å². The Bertz CT molecular complexity index is 50.9. The fraction of sp³-hybridized carbons (Fsp3) is 1.00. The fourth-order valence-electron chi connectivity index (χ4n) is 0.0833. The maximum atomic E-state index is 9.92. The second-order valence-corrected chi connectivity index (χ2v) is 1.97. The van der Waals surface area contributed by atoms with Crippen LogP contribution in [-0.2, 0) is 13.3 Å². The van der Waals surface area contributed by atoms with E-state index in [0.717, 1.165) is 0 Å². The second-order valence-electron chi connectivity index (χ2n) is 0.658. The zero-order valence-electron chi connectivity index (χ0n) is 4.72. The molecule has 0 heterocycles. The average Bonchev–Trinajstić information content (AvgIpc) is 1.65. The summed E-state index contributed by atoms with van der Waals surface area (Å²) < 4.78 is 18.4. The molecule has 0 aromatic carbocycles. The molecule has 0 radical (unpaired) electrons. The van der Waals surface area contributed by atoms with E-state index in [0.29, 0.717) is 0 Å². The zero-order chi connectivity index (χ0) is 4.99. The van der Waals surface area contributed by atoms with Crippen LogP contribution in [0.15, 0.2) is 0 Å². The Balaban J connectivity index is 0. The molecule has 0 bridgehead atoms. The van der Waals surface area contributed by atoms with Crippen LogP contribution in [0.1, 0.15) is 0 Å². The van der Waals surface area contributed by atoms with Gasteiger partial charge in [-0.2, -0.15) is 0 Å². The van der Waals surface area contributed by atoms with Crippen LogP contribution in [-0.4, -0.2) is 23.4 Å². The van der Waals surface area contributed by atoms with Gasteiger partial charge in [0.1, 0.15) is 0 Å². The number of hydrogen-bond donors (Lipinski definition) is 0. The van der Waals surface area contributed by atoms with Crippen molar-refractivity contribution in [3.05, 3.63) is 0 Å². The molecule has 0 saturated carbocycles. The van der Waals surface area contributed by atoms with Crippen LogP contribution in [0.4, 0.5) is 0 Å². The fourth-order valence-corrected chi connectivity index (χ4v) is 0.250. The molecule has 3 nitrogen and oxygen atoms in total. The Morgan fingerprint density at radius 1 is 1.29 bits per heavy atom. The Labute approximate surface area is 66.2 Å². The molecule has 0 aliphatic rings. The smallest absolute Gasteiger partial charge is 0.499 e. The first-order valence-electron chi connectivity index (χ1n) is 1.43. The van der Waals surface area contributed by atoms with E-state index in [1.165, 1.54) is 14.2 Å². The first kappa shape index (κ1) is 10.6. The molecule has 0 aliphatic carbocycles. The van der Waals surface area contributed by atoms with Crippen molar-refractivity contribution < 1.29 is 42.9 Å². The minimum absolute atomic E-state index is 0. The molecule has 0 aromatic heterocycles. The van der Waals surface area contributed by atoms with E-state index in [-0.39, 0.29) is 29.6 Å². The van der Waals surface area contributed by atoms with Crippen LogP contribution in [0, 0.1) is 0 Å². The molecular formula is C2H6NaO3Si+. The van der Waals surface area contributed by atoms with Gasteiger partial charge >= 0.3 is 38.7 Å². The molecule has 5 heteroatoms. The molecule has 0 saturated heterocycles. The molecule has 0 rings (SSSR count). The van der Waals surface area contributed by atoms with Gasteiger partial charge in [-0.1, -0.05) is 0 Å². The summed E-state index contributed by atoms with van der Waals surface area (Å²) in [6.07, 6.45) is 0. The molecule has 36 valence electrons. The molecule has 7 heavy (non-hydrogen) atoms. The van der Waals surface area contributed by atoms with Crippen LogP contribution in [0.5, 0.6) is 0 Å². The van der Waals surface area contributed by atoms with Gasteiger partial charge in [0, 0.05) is 0 Å². The summed E-state index contributed by atoms with van der Waals surface area (Å²) in [6.45, 7) is 0. The van der Waals surface area contributed by atoms with E-state index in [1.807, 2.05) is 0 Å². The van der Waals surface area contributed by atoms with Gasteiger partial charge in [0.25, 0.3) is 0 Å². The summed E-state index contributed by atoms with van der Waals surface area (Å²) in [5, 5.41) is 0. The molecule has 0 N–H and O–H groups in total. The normalized spacial score (nSPS) is 6.00. The molecule has 0 aliphatic heterocycles. The van der Waals surface area contributed by atoms with E-state index in [2.05, 4.69) is 8.85 Å². The van der Waals surface area contributed by atoms with Crippen molar-refractivity contribution in [2.75, 3.05) is 14.2 Å². The van der Waals surface area contributed by atoms with Crippen molar-refractivity contribution >= 4 is 9.17 Å². The van der Waals surface area contributed by atoms with Crippen molar-refractivity contribution in [2.45, 2.75) is 0 Å². The molecule has 0 atom stereocenters. The number of hydrogen-bond acceptors (Lipinski definition) is 3. The Morgan fingerprint density at radius 3 is 1.57 bits per heavy atom. The van der Waals surface area contributed by atoms with Gasteiger partial charge in [0.2, 0.25) is 0 Å². The first-order valence-corrected chi connectivity index (χ1v) is 2.65. The van der Waals surface area contributed by atoms with E-state index in [9.17, 15) is 4.46 Å². The van der Waals surface area contributed by atoms with Crippen LogP contribution in [0.2, 0.25) is 0 Å². The van der Waals surface area contributed by atoms with Crippen LogP contribution < -0.4 is 29.6 Å². The van der Waals surface area contributed by atoms with Crippen molar-refractivity contribution in [1.82, 2.24) is 0 Å². The molecule has 0 aromatic rings. The van der Waals surface area contributed by atoms with Gasteiger partial charge in [0.15, 0.2) is 0 Å². The summed E-state index contributed by atoms with van der Waals surface area (Å²) in [6, 6.07) is 0. The predicted octanol–water partition coefficient (Wildman–Crippen LogP) is -3.30. The van der Waals surface area contributed by atoms with E-state index < -0.39 is 9.17 Å². The summed E-state index contributed by atoms with van der Waals surface area (Å²) >= 11 is 0. The second kappa shape index (κ2) is 6.62.